The molecule has 0 atom stereocenters. The number of halogens is 3. The lowest BCUT2D eigenvalue weighted by Crippen LogP contribution is -2.13. The summed E-state index contributed by atoms with van der Waals surface area (Å²) in [6.07, 6.45) is -2.96. The molecule has 0 N–H and O–H groups in total. The van der Waals surface area contributed by atoms with Crippen molar-refractivity contribution in [3.63, 3.8) is 0 Å². The fourth-order valence-electron chi connectivity index (χ4n) is 0.946. The summed E-state index contributed by atoms with van der Waals surface area (Å²) in [7, 11) is 1.64. The average Bonchev–Trinajstić information content (AvgIpc) is 2.24. The van der Waals surface area contributed by atoms with Crippen molar-refractivity contribution >= 4 is 0 Å². The predicted octanol–water partition coefficient (Wildman–Crippen LogP) is 1.76. The summed E-state index contributed by atoms with van der Waals surface area (Å²) in [5.74, 6) is 0. The van der Waals surface area contributed by atoms with Gasteiger partial charge in [0, 0.05) is 13.2 Å². The number of nitrogens with zero attached hydrogens (tertiary/aromatic N) is 2. The highest BCUT2D eigenvalue weighted by Gasteiger charge is 2.29. The van der Waals surface area contributed by atoms with E-state index < -0.39 is 13.0 Å². The quantitative estimate of drug-likeness (QED) is 0.717. The van der Waals surface area contributed by atoms with E-state index in [2.05, 4.69) is 9.84 Å². The number of hydrogen-bond donors (Lipinski definition) is 0. The van der Waals surface area contributed by atoms with E-state index in [9.17, 15) is 13.2 Å². The number of ether oxygens (including phenoxy) is 1. The van der Waals surface area contributed by atoms with Gasteiger partial charge in [-0.1, -0.05) is 0 Å². The lowest BCUT2D eigenvalue weighted by atomic mass is 10.3. The molecule has 0 unspecified atom stereocenters. The van der Waals surface area contributed by atoms with E-state index in [0.29, 0.717) is 11.3 Å². The molecular formula is C7H9F3N2O. The average molecular weight is 194 g/mol. The Kier molecular flexibility index (Phi) is 2.60. The second kappa shape index (κ2) is 3.37. The lowest BCUT2D eigenvalue weighted by molar-refractivity contribution is -0.330. The highest BCUT2D eigenvalue weighted by Crippen LogP contribution is 2.19. The van der Waals surface area contributed by atoms with Crippen LogP contribution in [-0.2, 0) is 18.4 Å². The van der Waals surface area contributed by atoms with Gasteiger partial charge in [-0.2, -0.15) is 5.10 Å². The first-order valence-electron chi connectivity index (χ1n) is 3.58. The van der Waals surface area contributed by atoms with Crippen molar-refractivity contribution in [1.82, 2.24) is 9.78 Å². The maximum absolute atomic E-state index is 11.6. The minimum absolute atomic E-state index is 0.305. The summed E-state index contributed by atoms with van der Waals surface area (Å²) >= 11 is 0. The molecule has 0 aromatic carbocycles. The van der Waals surface area contributed by atoms with Gasteiger partial charge in [0.25, 0.3) is 0 Å². The molecule has 0 aliphatic heterocycles. The van der Waals surface area contributed by atoms with E-state index in [0.717, 1.165) is 0 Å². The van der Waals surface area contributed by atoms with Gasteiger partial charge in [-0.3, -0.25) is 9.42 Å². The van der Waals surface area contributed by atoms with E-state index >= 15 is 0 Å². The summed E-state index contributed by atoms with van der Waals surface area (Å²) < 4.78 is 40.0. The molecule has 0 aliphatic carbocycles. The summed E-state index contributed by atoms with van der Waals surface area (Å²) in [6.45, 7) is 1.15. The molecule has 1 rings (SSSR count). The Balaban J connectivity index is 2.59. The van der Waals surface area contributed by atoms with Gasteiger partial charge in [-0.15, -0.1) is 13.2 Å². The van der Waals surface area contributed by atoms with Crippen molar-refractivity contribution in [2.24, 2.45) is 7.05 Å². The molecule has 0 spiro atoms. The second-order valence-corrected chi connectivity index (χ2v) is 2.67. The van der Waals surface area contributed by atoms with Gasteiger partial charge in [0.1, 0.15) is 6.61 Å². The summed E-state index contributed by atoms with van der Waals surface area (Å²) in [5.41, 5.74) is 0.992. The molecule has 1 heterocycles. The van der Waals surface area contributed by atoms with Crippen LogP contribution < -0.4 is 0 Å². The molecule has 1 aromatic rings. The van der Waals surface area contributed by atoms with Crippen LogP contribution in [0.25, 0.3) is 0 Å². The van der Waals surface area contributed by atoms with E-state index in [1.165, 1.54) is 4.68 Å². The molecule has 6 heteroatoms. The smallest absolute Gasteiger partial charge is 0.285 e. The van der Waals surface area contributed by atoms with Gasteiger partial charge < -0.3 is 0 Å². The molecule has 3 nitrogen and oxygen atoms in total. The molecule has 0 aliphatic rings. The van der Waals surface area contributed by atoms with E-state index in [-0.39, 0.29) is 0 Å². The number of aromatic nitrogens is 2. The highest BCUT2D eigenvalue weighted by atomic mass is 19.4. The minimum Gasteiger partial charge on any atom is -0.285 e. The van der Waals surface area contributed by atoms with Crippen LogP contribution in [0.4, 0.5) is 13.2 Å². The van der Waals surface area contributed by atoms with Crippen molar-refractivity contribution < 1.29 is 17.9 Å². The van der Waals surface area contributed by atoms with Crippen LogP contribution in [0, 0.1) is 6.92 Å². The normalized spacial score (nSPS) is 12.1. The summed E-state index contributed by atoms with van der Waals surface area (Å²) in [5, 5.41) is 3.80. The maximum atomic E-state index is 11.6. The summed E-state index contributed by atoms with van der Waals surface area (Å²) in [4.78, 5) is 0. The van der Waals surface area contributed by atoms with Crippen molar-refractivity contribution in [3.8, 4) is 0 Å². The first kappa shape index (κ1) is 10.0. The first-order chi connectivity index (χ1) is 5.88. The van der Waals surface area contributed by atoms with Crippen LogP contribution in [0.3, 0.4) is 0 Å². The molecule has 0 bridgehead atoms. The molecule has 0 fully saturated rings. The van der Waals surface area contributed by atoms with E-state index in [4.69, 9.17) is 0 Å². The summed E-state index contributed by atoms with van der Waals surface area (Å²) in [6, 6.07) is 0. The molecule has 0 radical (unpaired) electrons. The third-order valence-electron chi connectivity index (χ3n) is 1.49. The van der Waals surface area contributed by atoms with Crippen LogP contribution in [0.1, 0.15) is 11.3 Å². The lowest BCUT2D eigenvalue weighted by Gasteiger charge is -2.05. The van der Waals surface area contributed by atoms with Gasteiger partial charge in [-0.25, -0.2) is 0 Å². The zero-order chi connectivity index (χ0) is 10.1. The molecule has 1 aromatic heterocycles. The largest absolute Gasteiger partial charge is 0.522 e. The molecule has 13 heavy (non-hydrogen) atoms. The zero-order valence-corrected chi connectivity index (χ0v) is 7.22. The number of alkyl halides is 3. The number of rotatable bonds is 2. The Bertz CT molecular complexity index is 292. The van der Waals surface area contributed by atoms with Crippen molar-refractivity contribution in [3.05, 3.63) is 17.5 Å². The maximum Gasteiger partial charge on any atom is 0.522 e. The molecule has 74 valence electrons. The van der Waals surface area contributed by atoms with Crippen molar-refractivity contribution in [2.75, 3.05) is 0 Å². The molecule has 0 saturated heterocycles. The third-order valence-corrected chi connectivity index (χ3v) is 1.49. The topological polar surface area (TPSA) is 27.1 Å². The molecular weight excluding hydrogens is 185 g/mol. The van der Waals surface area contributed by atoms with Crippen LogP contribution in [0.2, 0.25) is 0 Å². The van der Waals surface area contributed by atoms with Crippen LogP contribution in [-0.4, -0.2) is 16.1 Å². The van der Waals surface area contributed by atoms with E-state index in [1.54, 1.807) is 20.2 Å². The monoisotopic (exact) mass is 194 g/mol. The molecule has 0 saturated carbocycles. The Morgan fingerprint density at radius 3 is 2.54 bits per heavy atom. The van der Waals surface area contributed by atoms with Gasteiger partial charge in [0.2, 0.25) is 0 Å². The Morgan fingerprint density at radius 1 is 1.54 bits per heavy atom. The van der Waals surface area contributed by atoms with Crippen molar-refractivity contribution in [1.29, 1.82) is 0 Å². The Labute approximate surface area is 73.1 Å². The van der Waals surface area contributed by atoms with Gasteiger partial charge in [0.15, 0.2) is 0 Å². The highest BCUT2D eigenvalue weighted by molar-refractivity contribution is 5.13. The fraction of sp³-hybridized carbons (Fsp3) is 0.571. The van der Waals surface area contributed by atoms with Crippen LogP contribution in [0.15, 0.2) is 6.20 Å². The number of hydrogen-bond acceptors (Lipinski definition) is 2. The van der Waals surface area contributed by atoms with Gasteiger partial charge >= 0.3 is 6.36 Å². The zero-order valence-electron chi connectivity index (χ0n) is 7.22. The Morgan fingerprint density at radius 2 is 2.15 bits per heavy atom. The van der Waals surface area contributed by atoms with Crippen LogP contribution >= 0.6 is 0 Å². The first-order valence-corrected chi connectivity index (χ1v) is 3.58. The number of aryl methyl sites for hydroxylation is 2. The Hall–Kier alpha value is -1.04. The molecule has 0 amide bonds. The SMILES string of the molecule is Cc1cn(C)nc1COC(F)(F)F. The second-order valence-electron chi connectivity index (χ2n) is 2.67. The fourth-order valence-corrected chi connectivity index (χ4v) is 0.946. The predicted molar refractivity (Wildman–Crippen MR) is 38.8 cm³/mol. The van der Waals surface area contributed by atoms with Gasteiger partial charge in [0.05, 0.1) is 5.69 Å². The van der Waals surface area contributed by atoms with Crippen molar-refractivity contribution in [2.45, 2.75) is 19.9 Å². The minimum atomic E-state index is -4.59. The van der Waals surface area contributed by atoms with E-state index in [1.807, 2.05) is 0 Å². The van der Waals surface area contributed by atoms with Crippen LogP contribution in [0.5, 0.6) is 0 Å². The standard InChI is InChI=1S/C7H9F3N2O/c1-5-3-12(2)11-6(5)4-13-7(8,9)10/h3H,4H2,1-2H3. The third kappa shape index (κ3) is 3.06. The van der Waals surface area contributed by atoms with Gasteiger partial charge in [-0.05, 0) is 12.5 Å².